The van der Waals surface area contributed by atoms with E-state index in [0.717, 1.165) is 19.3 Å². The first-order valence-electron chi connectivity index (χ1n) is 8.21. The van der Waals surface area contributed by atoms with Gasteiger partial charge in [-0.25, -0.2) is 0 Å². The number of rotatable bonds is 7. The Balaban J connectivity index is 1.82. The van der Waals surface area contributed by atoms with Crippen LogP contribution < -0.4 is 5.73 Å². The smallest absolute Gasteiger partial charge is 0.0774 e. The van der Waals surface area contributed by atoms with Gasteiger partial charge in [-0.05, 0) is 37.3 Å². The lowest BCUT2D eigenvalue weighted by Gasteiger charge is -2.33. The van der Waals surface area contributed by atoms with Gasteiger partial charge in [0.15, 0.2) is 0 Å². The van der Waals surface area contributed by atoms with Crippen LogP contribution in [-0.4, -0.2) is 12.2 Å². The van der Waals surface area contributed by atoms with Gasteiger partial charge in [0.1, 0.15) is 0 Å². The van der Waals surface area contributed by atoms with E-state index in [0.29, 0.717) is 6.10 Å². The molecule has 0 bridgehead atoms. The Morgan fingerprint density at radius 1 is 1.25 bits per heavy atom. The minimum Gasteiger partial charge on any atom is -0.373 e. The number of aryl methyl sites for hydroxylation is 1. The minimum absolute atomic E-state index is 0.0399. The molecule has 0 fully saturated rings. The highest BCUT2D eigenvalue weighted by Gasteiger charge is 2.28. The van der Waals surface area contributed by atoms with Gasteiger partial charge in [-0.3, -0.25) is 0 Å². The van der Waals surface area contributed by atoms with Gasteiger partial charge < -0.3 is 10.5 Å². The molecule has 0 amide bonds. The number of benzene rings is 1. The van der Waals surface area contributed by atoms with Gasteiger partial charge in [-0.2, -0.15) is 0 Å². The van der Waals surface area contributed by atoms with Crippen molar-refractivity contribution in [2.45, 2.75) is 77.0 Å². The molecule has 0 saturated carbocycles. The van der Waals surface area contributed by atoms with Crippen molar-refractivity contribution >= 4 is 0 Å². The topological polar surface area (TPSA) is 35.2 Å². The molecule has 0 saturated heterocycles. The van der Waals surface area contributed by atoms with Crippen molar-refractivity contribution in [1.82, 2.24) is 0 Å². The zero-order valence-electron chi connectivity index (χ0n) is 13.0. The minimum atomic E-state index is 0.0399. The number of fused-ring (bicyclic) bond motifs is 1. The summed E-state index contributed by atoms with van der Waals surface area (Å²) in [5.41, 5.74) is 9.07. The molecular weight excluding hydrogens is 246 g/mol. The van der Waals surface area contributed by atoms with E-state index in [2.05, 4.69) is 38.1 Å². The molecule has 1 aromatic carbocycles. The maximum Gasteiger partial charge on any atom is 0.0774 e. The van der Waals surface area contributed by atoms with E-state index in [1.165, 1.54) is 36.8 Å². The average molecular weight is 275 g/mol. The highest BCUT2D eigenvalue weighted by molar-refractivity contribution is 5.33. The third kappa shape index (κ3) is 4.07. The van der Waals surface area contributed by atoms with Gasteiger partial charge in [-0.15, -0.1) is 0 Å². The number of ether oxygens (including phenoxy) is 1. The van der Waals surface area contributed by atoms with Crippen LogP contribution in [0.4, 0.5) is 0 Å². The molecule has 2 rings (SSSR count). The van der Waals surface area contributed by atoms with Crippen LogP contribution in [0.5, 0.6) is 0 Å². The van der Waals surface area contributed by atoms with Crippen LogP contribution >= 0.6 is 0 Å². The fourth-order valence-corrected chi connectivity index (χ4v) is 3.14. The van der Waals surface area contributed by atoms with E-state index in [-0.39, 0.29) is 12.1 Å². The molecule has 0 radical (unpaired) electrons. The Bertz CT molecular complexity index is 404. The molecule has 2 N–H and O–H groups in total. The first-order chi connectivity index (χ1) is 9.72. The van der Waals surface area contributed by atoms with E-state index < -0.39 is 0 Å². The second kappa shape index (κ2) is 7.80. The van der Waals surface area contributed by atoms with E-state index in [9.17, 15) is 0 Å². The van der Waals surface area contributed by atoms with Gasteiger partial charge in [0.2, 0.25) is 0 Å². The van der Waals surface area contributed by atoms with Crippen molar-refractivity contribution in [2.75, 3.05) is 0 Å². The van der Waals surface area contributed by atoms with Crippen molar-refractivity contribution in [1.29, 1.82) is 0 Å². The first kappa shape index (κ1) is 15.5. The van der Waals surface area contributed by atoms with Crippen LogP contribution in [0.1, 0.15) is 69.5 Å². The van der Waals surface area contributed by atoms with E-state index in [1.807, 2.05) is 0 Å². The molecular formula is C18H29NO. The molecule has 0 heterocycles. The predicted molar refractivity (Wildman–Crippen MR) is 84.8 cm³/mol. The number of nitrogens with two attached hydrogens (primary N) is 1. The zero-order valence-corrected chi connectivity index (χ0v) is 13.0. The quantitative estimate of drug-likeness (QED) is 0.750. The summed E-state index contributed by atoms with van der Waals surface area (Å²) in [6, 6.07) is 8.57. The fraction of sp³-hybridized carbons (Fsp3) is 0.667. The van der Waals surface area contributed by atoms with Crippen LogP contribution in [0.2, 0.25) is 0 Å². The van der Waals surface area contributed by atoms with Crippen LogP contribution in [0.25, 0.3) is 0 Å². The second-order valence-electron chi connectivity index (χ2n) is 6.10. The Kier molecular flexibility index (Phi) is 6.06. The number of hydrogen-bond acceptors (Lipinski definition) is 2. The largest absolute Gasteiger partial charge is 0.373 e. The first-order valence-corrected chi connectivity index (χ1v) is 8.21. The SMILES string of the molecule is CCCCCCC(C)OC1CCc2ccccc2C1N. The van der Waals surface area contributed by atoms with Crippen LogP contribution in [0.3, 0.4) is 0 Å². The number of unbranched alkanes of at least 4 members (excludes halogenated alkanes) is 3. The third-order valence-electron chi connectivity index (χ3n) is 4.38. The Hall–Kier alpha value is -0.860. The molecule has 20 heavy (non-hydrogen) atoms. The van der Waals surface area contributed by atoms with E-state index in [1.54, 1.807) is 0 Å². The Morgan fingerprint density at radius 3 is 2.85 bits per heavy atom. The molecule has 1 aliphatic carbocycles. The third-order valence-corrected chi connectivity index (χ3v) is 4.38. The van der Waals surface area contributed by atoms with Gasteiger partial charge in [-0.1, -0.05) is 56.9 Å². The van der Waals surface area contributed by atoms with Crippen molar-refractivity contribution < 1.29 is 4.74 Å². The summed E-state index contributed by atoms with van der Waals surface area (Å²) in [5, 5.41) is 0. The molecule has 3 atom stereocenters. The molecule has 0 aliphatic heterocycles. The summed E-state index contributed by atoms with van der Waals surface area (Å²) in [6.07, 6.45) is 9.04. The van der Waals surface area contributed by atoms with Crippen molar-refractivity contribution in [3.05, 3.63) is 35.4 Å². The zero-order chi connectivity index (χ0) is 14.4. The highest BCUT2D eigenvalue weighted by Crippen LogP contribution is 2.31. The normalized spacial score (nSPS) is 23.4. The maximum absolute atomic E-state index is 6.39. The lowest BCUT2D eigenvalue weighted by atomic mass is 9.86. The molecule has 2 heteroatoms. The highest BCUT2D eigenvalue weighted by atomic mass is 16.5. The molecule has 1 aliphatic rings. The standard InChI is InChI=1S/C18H29NO/c1-3-4-5-6-9-14(2)20-17-13-12-15-10-7-8-11-16(15)18(17)19/h7-8,10-11,14,17-18H,3-6,9,12-13,19H2,1-2H3. The lowest BCUT2D eigenvalue weighted by Crippen LogP contribution is -2.35. The molecule has 0 spiro atoms. The lowest BCUT2D eigenvalue weighted by molar-refractivity contribution is -0.0283. The van der Waals surface area contributed by atoms with Crippen molar-refractivity contribution in [2.24, 2.45) is 5.73 Å². The van der Waals surface area contributed by atoms with Crippen molar-refractivity contribution in [3.63, 3.8) is 0 Å². The predicted octanol–water partition coefficient (Wildman–Crippen LogP) is 4.38. The van der Waals surface area contributed by atoms with Gasteiger partial charge in [0.05, 0.1) is 18.2 Å². The molecule has 3 unspecified atom stereocenters. The molecule has 112 valence electrons. The maximum atomic E-state index is 6.39. The van der Waals surface area contributed by atoms with Gasteiger partial charge in [0, 0.05) is 0 Å². The second-order valence-corrected chi connectivity index (χ2v) is 6.10. The number of hydrogen-bond donors (Lipinski definition) is 1. The Morgan fingerprint density at radius 2 is 2.05 bits per heavy atom. The monoisotopic (exact) mass is 275 g/mol. The van der Waals surface area contributed by atoms with Crippen LogP contribution in [0, 0.1) is 0 Å². The summed E-state index contributed by atoms with van der Waals surface area (Å²) in [6.45, 7) is 4.44. The van der Waals surface area contributed by atoms with Crippen LogP contribution in [-0.2, 0) is 11.2 Å². The summed E-state index contributed by atoms with van der Waals surface area (Å²) < 4.78 is 6.22. The van der Waals surface area contributed by atoms with Crippen LogP contribution in [0.15, 0.2) is 24.3 Å². The molecule has 1 aromatic rings. The summed E-state index contributed by atoms with van der Waals surface area (Å²) in [5.74, 6) is 0. The van der Waals surface area contributed by atoms with Gasteiger partial charge in [0.25, 0.3) is 0 Å². The van der Waals surface area contributed by atoms with Crippen molar-refractivity contribution in [3.8, 4) is 0 Å². The summed E-state index contributed by atoms with van der Waals surface area (Å²) >= 11 is 0. The van der Waals surface area contributed by atoms with Gasteiger partial charge >= 0.3 is 0 Å². The average Bonchev–Trinajstić information content (AvgIpc) is 2.47. The summed E-state index contributed by atoms with van der Waals surface area (Å²) in [4.78, 5) is 0. The van der Waals surface area contributed by atoms with E-state index >= 15 is 0 Å². The molecule has 0 aromatic heterocycles. The fourth-order valence-electron chi connectivity index (χ4n) is 3.14. The Labute approximate surface area is 123 Å². The summed E-state index contributed by atoms with van der Waals surface area (Å²) in [7, 11) is 0. The molecule has 2 nitrogen and oxygen atoms in total. The van der Waals surface area contributed by atoms with E-state index in [4.69, 9.17) is 10.5 Å².